The van der Waals surface area contributed by atoms with Gasteiger partial charge in [0, 0.05) is 5.56 Å². The molecule has 4 rings (SSSR count). The molecule has 7 nitrogen and oxygen atoms in total. The molecule has 0 fully saturated rings. The van der Waals surface area contributed by atoms with Crippen molar-refractivity contribution in [3.05, 3.63) is 40.8 Å². The van der Waals surface area contributed by atoms with Gasteiger partial charge in [-0.25, -0.2) is 19.2 Å². The number of nitrogens with zero attached hydrogens (tertiary/aromatic N) is 4. The topological polar surface area (TPSA) is 92.2 Å². The zero-order chi connectivity index (χ0) is 16.1. The van der Waals surface area contributed by atoms with Gasteiger partial charge in [0.15, 0.2) is 5.65 Å². The Morgan fingerprint density at radius 2 is 1.91 bits per heavy atom. The van der Waals surface area contributed by atoms with E-state index < -0.39 is 18.1 Å². The molecule has 3 aromatic heterocycles. The van der Waals surface area contributed by atoms with E-state index in [1.54, 1.807) is 0 Å². The maximum atomic E-state index is 13.7. The summed E-state index contributed by atoms with van der Waals surface area (Å²) in [7, 11) is 0. The van der Waals surface area contributed by atoms with Crippen molar-refractivity contribution in [1.29, 1.82) is 0 Å². The Morgan fingerprint density at radius 3 is 2.70 bits per heavy atom. The van der Waals surface area contributed by atoms with Gasteiger partial charge in [-0.3, -0.25) is 0 Å². The van der Waals surface area contributed by atoms with Crippen molar-refractivity contribution in [1.82, 2.24) is 29.7 Å². The second-order valence-electron chi connectivity index (χ2n) is 4.75. The Kier molecular flexibility index (Phi) is 2.73. The largest absolute Gasteiger partial charge is 0.335 e. The van der Waals surface area contributed by atoms with Crippen LogP contribution in [0.2, 0.25) is 0 Å². The van der Waals surface area contributed by atoms with Crippen molar-refractivity contribution < 1.29 is 13.2 Å². The molecule has 0 amide bonds. The fraction of sp³-hybridized carbons (Fsp3) is 0.0769. The van der Waals surface area contributed by atoms with Gasteiger partial charge >= 0.3 is 12.2 Å². The van der Waals surface area contributed by atoms with Crippen molar-refractivity contribution in [2.24, 2.45) is 0 Å². The SMILES string of the molecule is O=c1[nH]c2c(F)ccc(-c3cnc4c(cnn4C(F)F)n3)c2[nH]1. The first-order valence-corrected chi connectivity index (χ1v) is 6.44. The summed E-state index contributed by atoms with van der Waals surface area (Å²) in [6, 6.07) is 2.60. The number of benzene rings is 1. The van der Waals surface area contributed by atoms with Gasteiger partial charge in [-0.15, -0.1) is 0 Å². The van der Waals surface area contributed by atoms with Crippen LogP contribution in [0.1, 0.15) is 6.55 Å². The first-order valence-electron chi connectivity index (χ1n) is 6.44. The van der Waals surface area contributed by atoms with Gasteiger partial charge in [-0.1, -0.05) is 0 Å². The number of halogens is 3. The first-order chi connectivity index (χ1) is 11.0. The second kappa shape index (κ2) is 4.66. The molecule has 2 N–H and O–H groups in total. The van der Waals surface area contributed by atoms with E-state index in [0.717, 1.165) is 0 Å². The zero-order valence-electron chi connectivity index (χ0n) is 11.2. The van der Waals surface area contributed by atoms with Crippen LogP contribution in [-0.4, -0.2) is 29.7 Å². The zero-order valence-corrected chi connectivity index (χ0v) is 11.2. The Morgan fingerprint density at radius 1 is 1.13 bits per heavy atom. The highest BCUT2D eigenvalue weighted by Gasteiger charge is 2.16. The summed E-state index contributed by atoms with van der Waals surface area (Å²) in [5.74, 6) is -0.596. The van der Waals surface area contributed by atoms with Gasteiger partial charge < -0.3 is 9.97 Å². The minimum absolute atomic E-state index is 0.0117. The standard InChI is InChI=1S/C13H7F3N6O/c14-6-2-1-5(9-10(6)21-13(23)20-9)7-3-17-11-8(19-7)4-18-22(11)12(15)16/h1-4,12H,(H2,20,21,23). The molecule has 0 saturated carbocycles. The second-order valence-corrected chi connectivity index (χ2v) is 4.75. The van der Waals surface area contributed by atoms with Crippen molar-refractivity contribution in [3.63, 3.8) is 0 Å². The number of nitrogens with one attached hydrogen (secondary N) is 2. The lowest BCUT2D eigenvalue weighted by atomic mass is 10.1. The van der Waals surface area contributed by atoms with Gasteiger partial charge in [0.25, 0.3) is 0 Å². The molecule has 0 atom stereocenters. The minimum atomic E-state index is -2.83. The van der Waals surface area contributed by atoms with Crippen LogP contribution < -0.4 is 5.69 Å². The summed E-state index contributed by atoms with van der Waals surface area (Å²) in [5.41, 5.74) is 0.488. The number of hydrogen-bond acceptors (Lipinski definition) is 4. The fourth-order valence-corrected chi connectivity index (χ4v) is 2.41. The molecular formula is C13H7F3N6O. The maximum Gasteiger partial charge on any atom is 0.335 e. The van der Waals surface area contributed by atoms with Gasteiger partial charge in [0.1, 0.15) is 16.9 Å². The third-order valence-electron chi connectivity index (χ3n) is 3.39. The minimum Gasteiger partial charge on any atom is -0.305 e. The number of alkyl halides is 2. The van der Waals surface area contributed by atoms with Gasteiger partial charge in [-0.05, 0) is 12.1 Å². The lowest BCUT2D eigenvalue weighted by Gasteiger charge is -2.04. The molecule has 4 aromatic rings. The smallest absolute Gasteiger partial charge is 0.305 e. The van der Waals surface area contributed by atoms with Crippen molar-refractivity contribution in [2.75, 3.05) is 0 Å². The monoisotopic (exact) mass is 320 g/mol. The van der Waals surface area contributed by atoms with Crippen LogP contribution in [0.15, 0.2) is 29.3 Å². The molecule has 0 bridgehead atoms. The van der Waals surface area contributed by atoms with Gasteiger partial charge in [0.2, 0.25) is 0 Å². The van der Waals surface area contributed by atoms with Gasteiger partial charge in [-0.2, -0.15) is 18.6 Å². The normalized spacial score (nSPS) is 11.8. The number of fused-ring (bicyclic) bond motifs is 2. The predicted molar refractivity (Wildman–Crippen MR) is 74.4 cm³/mol. The van der Waals surface area contributed by atoms with E-state index >= 15 is 0 Å². The lowest BCUT2D eigenvalue weighted by Crippen LogP contribution is -2.01. The highest BCUT2D eigenvalue weighted by Crippen LogP contribution is 2.27. The Bertz CT molecular complexity index is 1100. The molecule has 0 aliphatic rings. The van der Waals surface area contributed by atoms with E-state index in [1.807, 2.05) is 0 Å². The molecule has 0 unspecified atom stereocenters. The fourth-order valence-electron chi connectivity index (χ4n) is 2.41. The molecule has 0 aliphatic heterocycles. The number of rotatable bonds is 2. The van der Waals surface area contributed by atoms with Crippen LogP contribution in [0.4, 0.5) is 13.2 Å². The van der Waals surface area contributed by atoms with Crippen molar-refractivity contribution in [3.8, 4) is 11.3 Å². The summed E-state index contributed by atoms with van der Waals surface area (Å²) >= 11 is 0. The molecule has 0 radical (unpaired) electrons. The molecule has 116 valence electrons. The molecule has 10 heteroatoms. The molecule has 23 heavy (non-hydrogen) atoms. The average molecular weight is 320 g/mol. The van der Waals surface area contributed by atoms with Crippen LogP contribution in [0, 0.1) is 5.82 Å². The van der Waals surface area contributed by atoms with Gasteiger partial charge in [0.05, 0.1) is 23.6 Å². The highest BCUT2D eigenvalue weighted by atomic mass is 19.3. The number of imidazole rings is 1. The number of aromatic nitrogens is 6. The van der Waals surface area contributed by atoms with Crippen LogP contribution in [0.5, 0.6) is 0 Å². The number of H-pyrrole nitrogens is 2. The van der Waals surface area contributed by atoms with Crippen LogP contribution in [0.3, 0.4) is 0 Å². The van der Waals surface area contributed by atoms with E-state index in [0.29, 0.717) is 15.9 Å². The third kappa shape index (κ3) is 1.99. The van der Waals surface area contributed by atoms with Crippen LogP contribution in [0.25, 0.3) is 33.5 Å². The quantitative estimate of drug-likeness (QED) is 0.592. The molecule has 0 spiro atoms. The van der Waals surface area contributed by atoms with Crippen LogP contribution in [-0.2, 0) is 0 Å². The molecule has 0 aliphatic carbocycles. The first kappa shape index (κ1) is 13.5. The predicted octanol–water partition coefficient (Wildman–Crippen LogP) is 2.20. The summed E-state index contributed by atoms with van der Waals surface area (Å²) < 4.78 is 39.7. The Hall–Kier alpha value is -3.17. The number of hydrogen-bond donors (Lipinski definition) is 2. The maximum absolute atomic E-state index is 13.7. The van der Waals surface area contributed by atoms with Crippen LogP contribution >= 0.6 is 0 Å². The molecule has 1 aromatic carbocycles. The van der Waals surface area contributed by atoms with Crippen molar-refractivity contribution in [2.45, 2.75) is 6.55 Å². The Labute approximate surface area is 124 Å². The molecule has 3 heterocycles. The van der Waals surface area contributed by atoms with E-state index in [9.17, 15) is 18.0 Å². The summed E-state index contributed by atoms with van der Waals surface area (Å²) in [4.78, 5) is 24.4. The average Bonchev–Trinajstić information content (AvgIpc) is 3.10. The summed E-state index contributed by atoms with van der Waals surface area (Å²) in [6.07, 6.45) is 2.43. The summed E-state index contributed by atoms with van der Waals surface area (Å²) in [6.45, 7) is -2.83. The number of aromatic amines is 2. The molecular weight excluding hydrogens is 313 g/mol. The van der Waals surface area contributed by atoms with E-state index in [-0.39, 0.29) is 22.2 Å². The lowest BCUT2D eigenvalue weighted by molar-refractivity contribution is 0.0608. The van der Waals surface area contributed by atoms with Crippen molar-refractivity contribution >= 4 is 22.2 Å². The molecule has 0 saturated heterocycles. The summed E-state index contributed by atoms with van der Waals surface area (Å²) in [5, 5.41) is 3.53. The third-order valence-corrected chi connectivity index (χ3v) is 3.39. The highest BCUT2D eigenvalue weighted by molar-refractivity contribution is 5.91. The van der Waals surface area contributed by atoms with E-state index in [4.69, 9.17) is 0 Å². The van der Waals surface area contributed by atoms with E-state index in [1.165, 1.54) is 24.5 Å². The Balaban J connectivity index is 1.96. The van der Waals surface area contributed by atoms with E-state index in [2.05, 4.69) is 25.0 Å².